The molecule has 10 heteroatoms. The first-order chi connectivity index (χ1) is 14.9. The number of amides is 1. The number of likely N-dealkylation sites (N-methyl/N-ethyl adjacent to an activating group) is 1. The van der Waals surface area contributed by atoms with Gasteiger partial charge in [0.2, 0.25) is 5.91 Å². The minimum atomic E-state index is -3.73. The quantitative estimate of drug-likeness (QED) is 0.603. The van der Waals surface area contributed by atoms with Crippen LogP contribution < -0.4 is 10.1 Å². The first kappa shape index (κ1) is 20.6. The first-order valence-electron chi connectivity index (χ1n) is 9.58. The molecule has 1 aliphatic heterocycles. The largest absolute Gasteiger partial charge is 0.492 e. The topological polar surface area (TPSA) is 106 Å². The maximum absolute atomic E-state index is 12.5. The van der Waals surface area contributed by atoms with E-state index in [4.69, 9.17) is 4.74 Å². The van der Waals surface area contributed by atoms with Gasteiger partial charge in [-0.1, -0.05) is 18.2 Å². The van der Waals surface area contributed by atoms with Crippen LogP contribution in [0.3, 0.4) is 0 Å². The van der Waals surface area contributed by atoms with Crippen LogP contribution in [0.4, 0.5) is 5.69 Å². The summed E-state index contributed by atoms with van der Waals surface area (Å²) in [4.78, 5) is 14.2. The molecule has 0 radical (unpaired) electrons. The predicted molar refractivity (Wildman–Crippen MR) is 116 cm³/mol. The summed E-state index contributed by atoms with van der Waals surface area (Å²) >= 11 is 0. The number of hydrogen-bond acceptors (Lipinski definition) is 6. The second kappa shape index (κ2) is 8.60. The fourth-order valence-electron chi connectivity index (χ4n) is 3.21. The molecular weight excluding hydrogens is 418 g/mol. The fourth-order valence-corrected chi connectivity index (χ4v) is 4.46. The molecule has 4 rings (SSSR count). The van der Waals surface area contributed by atoms with E-state index in [1.165, 1.54) is 11.0 Å². The second-order valence-electron chi connectivity index (χ2n) is 6.94. The molecule has 0 bridgehead atoms. The molecule has 0 atom stereocenters. The van der Waals surface area contributed by atoms with Gasteiger partial charge < -0.3 is 15.0 Å². The van der Waals surface area contributed by atoms with Crippen LogP contribution in [-0.2, 0) is 21.4 Å². The average molecular weight is 439 g/mol. The number of benzene rings is 2. The number of carbonyl (C=O) groups is 1. The maximum atomic E-state index is 12.5. The van der Waals surface area contributed by atoms with E-state index in [1.807, 2.05) is 12.3 Å². The monoisotopic (exact) mass is 439 g/mol. The van der Waals surface area contributed by atoms with Crippen molar-refractivity contribution in [1.29, 1.82) is 0 Å². The van der Waals surface area contributed by atoms with Crippen molar-refractivity contribution < 1.29 is 17.9 Å². The Kier molecular flexibility index (Phi) is 5.72. The van der Waals surface area contributed by atoms with E-state index in [0.29, 0.717) is 30.2 Å². The Balaban J connectivity index is 1.36. The molecule has 2 aromatic carbocycles. The zero-order valence-corrected chi connectivity index (χ0v) is 17.6. The summed E-state index contributed by atoms with van der Waals surface area (Å²) in [6.45, 7) is 0.990. The summed E-state index contributed by atoms with van der Waals surface area (Å²) in [5.41, 5.74) is 1.07. The molecule has 1 N–H and O–H groups in total. The van der Waals surface area contributed by atoms with Crippen LogP contribution in [0.25, 0.3) is 0 Å². The van der Waals surface area contributed by atoms with Crippen LogP contribution in [0.1, 0.15) is 5.56 Å². The number of anilines is 1. The summed E-state index contributed by atoms with van der Waals surface area (Å²) in [7, 11) is -2.10. The van der Waals surface area contributed by atoms with E-state index in [2.05, 4.69) is 14.8 Å². The smallest absolute Gasteiger partial charge is 0.285 e. The lowest BCUT2D eigenvalue weighted by Gasteiger charge is -2.18. The molecule has 3 aromatic rings. The maximum Gasteiger partial charge on any atom is 0.285 e. The van der Waals surface area contributed by atoms with Crippen molar-refractivity contribution in [2.24, 2.45) is 4.40 Å². The van der Waals surface area contributed by atoms with Crippen molar-refractivity contribution >= 4 is 27.5 Å². The Morgan fingerprint density at radius 1 is 1.16 bits per heavy atom. The number of nitrogens with one attached hydrogen (secondary N) is 1. The highest BCUT2D eigenvalue weighted by Gasteiger charge is 2.30. The molecule has 0 fully saturated rings. The van der Waals surface area contributed by atoms with Gasteiger partial charge in [-0.2, -0.15) is 13.5 Å². The lowest BCUT2D eigenvalue weighted by Crippen LogP contribution is -2.34. The summed E-state index contributed by atoms with van der Waals surface area (Å²) in [5, 5.41) is 6.92. The number of rotatable bonds is 7. The third-order valence-electron chi connectivity index (χ3n) is 4.62. The molecule has 0 aliphatic carbocycles. The van der Waals surface area contributed by atoms with Crippen LogP contribution in [0.15, 0.2) is 76.3 Å². The van der Waals surface area contributed by atoms with Gasteiger partial charge in [-0.25, -0.2) is 0 Å². The summed E-state index contributed by atoms with van der Waals surface area (Å²) in [6, 6.07) is 15.5. The van der Waals surface area contributed by atoms with Gasteiger partial charge >= 0.3 is 0 Å². The number of carbonyl (C=O) groups excluding carboxylic acids is 1. The number of sulfonamides is 1. The fraction of sp³-hybridized carbons (Fsp3) is 0.190. The third-order valence-corrected chi connectivity index (χ3v) is 5.95. The lowest BCUT2D eigenvalue weighted by atomic mass is 10.2. The number of hydrogen-bond donors (Lipinski definition) is 1. The molecular formula is C21H21N5O4S. The van der Waals surface area contributed by atoms with Gasteiger partial charge in [-0.15, -0.1) is 4.40 Å². The van der Waals surface area contributed by atoms with Crippen LogP contribution in [0.5, 0.6) is 5.75 Å². The number of nitrogens with zero attached hydrogens (tertiary/aromatic N) is 4. The summed E-state index contributed by atoms with van der Waals surface area (Å²) in [6.07, 6.45) is 3.56. The van der Waals surface area contributed by atoms with Crippen molar-refractivity contribution in [1.82, 2.24) is 14.7 Å². The Bertz CT molecular complexity index is 1220. The van der Waals surface area contributed by atoms with Crippen molar-refractivity contribution in [2.45, 2.75) is 11.4 Å². The number of aromatic nitrogens is 2. The highest BCUT2D eigenvalue weighted by Crippen LogP contribution is 2.27. The first-order valence-corrected chi connectivity index (χ1v) is 11.0. The van der Waals surface area contributed by atoms with E-state index >= 15 is 0 Å². The van der Waals surface area contributed by atoms with Crippen LogP contribution in [0, 0.1) is 0 Å². The molecule has 0 spiro atoms. The minimum Gasteiger partial charge on any atom is -0.492 e. The number of ether oxygens (including phenoxy) is 1. The summed E-state index contributed by atoms with van der Waals surface area (Å²) < 4.78 is 35.7. The van der Waals surface area contributed by atoms with E-state index in [1.54, 1.807) is 60.4 Å². The Hall–Kier alpha value is -3.66. The van der Waals surface area contributed by atoms with Gasteiger partial charge in [0.1, 0.15) is 17.3 Å². The van der Waals surface area contributed by atoms with Gasteiger partial charge in [0.25, 0.3) is 10.0 Å². The van der Waals surface area contributed by atoms with Crippen molar-refractivity contribution in [2.75, 3.05) is 25.5 Å². The zero-order valence-electron chi connectivity index (χ0n) is 16.8. The Morgan fingerprint density at radius 3 is 2.81 bits per heavy atom. The number of fused-ring (bicyclic) bond motifs is 1. The van der Waals surface area contributed by atoms with E-state index in [9.17, 15) is 13.2 Å². The minimum absolute atomic E-state index is 0.0624. The molecule has 9 nitrogen and oxygen atoms in total. The normalized spacial score (nSPS) is 13.9. The van der Waals surface area contributed by atoms with E-state index in [-0.39, 0.29) is 23.2 Å². The highest BCUT2D eigenvalue weighted by molar-refractivity contribution is 7.90. The molecule has 160 valence electrons. The Morgan fingerprint density at radius 2 is 2.00 bits per heavy atom. The zero-order chi connectivity index (χ0) is 21.8. The van der Waals surface area contributed by atoms with E-state index < -0.39 is 10.0 Å². The van der Waals surface area contributed by atoms with Gasteiger partial charge in [0, 0.05) is 36.8 Å². The summed E-state index contributed by atoms with van der Waals surface area (Å²) in [5.74, 6) is 0.570. The van der Waals surface area contributed by atoms with Gasteiger partial charge in [-0.3, -0.25) is 9.48 Å². The highest BCUT2D eigenvalue weighted by atomic mass is 32.2. The van der Waals surface area contributed by atoms with Crippen LogP contribution in [-0.4, -0.2) is 55.0 Å². The van der Waals surface area contributed by atoms with Gasteiger partial charge in [0.15, 0.2) is 5.84 Å². The third kappa shape index (κ3) is 4.75. The van der Waals surface area contributed by atoms with Crippen molar-refractivity contribution in [3.05, 3.63) is 72.6 Å². The standard InChI is InChI=1S/C21H21N5O4S/c1-25(21-18-8-2-3-9-19(18)31(28,29)24-21)15-20(27)23-16-6-4-7-17(14-16)30-13-12-26-11-5-10-22-26/h2-11,14H,12-13,15H2,1H3,(H,23,27). The second-order valence-corrected chi connectivity index (χ2v) is 8.51. The molecule has 1 amide bonds. The van der Waals surface area contributed by atoms with Gasteiger partial charge in [-0.05, 0) is 30.3 Å². The molecule has 1 aromatic heterocycles. The van der Waals surface area contributed by atoms with Crippen molar-refractivity contribution in [3.63, 3.8) is 0 Å². The molecule has 31 heavy (non-hydrogen) atoms. The molecule has 0 unspecified atom stereocenters. The van der Waals surface area contributed by atoms with E-state index in [0.717, 1.165) is 0 Å². The molecule has 1 aliphatic rings. The SMILES string of the molecule is CN(CC(=O)Nc1cccc(OCCn2cccn2)c1)C1=NS(=O)(=O)c2ccccc21. The van der Waals surface area contributed by atoms with Crippen molar-refractivity contribution in [3.8, 4) is 5.75 Å². The van der Waals surface area contributed by atoms with Crippen LogP contribution >= 0.6 is 0 Å². The van der Waals surface area contributed by atoms with Crippen LogP contribution in [0.2, 0.25) is 0 Å². The number of amidine groups is 1. The predicted octanol–water partition coefficient (Wildman–Crippen LogP) is 1.98. The molecule has 2 heterocycles. The Labute approximate surface area is 180 Å². The lowest BCUT2D eigenvalue weighted by molar-refractivity contribution is -0.116. The average Bonchev–Trinajstić information content (AvgIpc) is 3.35. The molecule has 0 saturated carbocycles. The van der Waals surface area contributed by atoms with Gasteiger partial charge in [0.05, 0.1) is 13.1 Å². The molecule has 0 saturated heterocycles.